The lowest BCUT2D eigenvalue weighted by Crippen LogP contribution is -2.69. The Kier molecular flexibility index (Phi) is 7.01. The minimum Gasteiger partial charge on any atom is -0.463 e. The van der Waals surface area contributed by atoms with E-state index < -0.39 is 26.4 Å². The van der Waals surface area contributed by atoms with Gasteiger partial charge in [0.05, 0.1) is 24.7 Å². The molecule has 25 heavy (non-hydrogen) atoms. The van der Waals surface area contributed by atoms with Crippen molar-refractivity contribution in [1.82, 2.24) is 4.90 Å². The highest BCUT2D eigenvalue weighted by Crippen LogP contribution is 2.41. The van der Waals surface area contributed by atoms with E-state index in [0.717, 1.165) is 0 Å². The molecule has 1 rings (SSSR count). The normalized spacial score (nSPS) is 23.7. The van der Waals surface area contributed by atoms with E-state index in [-0.39, 0.29) is 29.7 Å². The molecule has 1 aliphatic heterocycles. The summed E-state index contributed by atoms with van der Waals surface area (Å²) in [7, 11) is -2.03. The molecule has 0 unspecified atom stereocenters. The van der Waals surface area contributed by atoms with Gasteiger partial charge in [0.1, 0.15) is 0 Å². The first-order valence-corrected chi connectivity index (χ1v) is 11.8. The predicted molar refractivity (Wildman–Crippen MR) is 99.3 cm³/mol. The molecule has 144 valence electrons. The lowest BCUT2D eigenvalue weighted by atomic mass is 9.81. The fourth-order valence-electron chi connectivity index (χ4n) is 2.88. The van der Waals surface area contributed by atoms with Gasteiger partial charge in [0, 0.05) is 0 Å². The van der Waals surface area contributed by atoms with Crippen LogP contribution in [-0.2, 0) is 18.8 Å². The van der Waals surface area contributed by atoms with Crippen LogP contribution in [0.1, 0.15) is 41.0 Å². The number of esters is 1. The maximum absolute atomic E-state index is 12.6. The van der Waals surface area contributed by atoms with Crippen LogP contribution >= 0.6 is 0 Å². The summed E-state index contributed by atoms with van der Waals surface area (Å²) in [6.45, 7) is 18.1. The molecule has 0 aromatic heterocycles. The van der Waals surface area contributed by atoms with Crippen LogP contribution in [0.2, 0.25) is 18.1 Å². The number of likely N-dealkylation sites (tertiary alicyclic amines) is 1. The Hall–Kier alpha value is -1.18. The van der Waals surface area contributed by atoms with Gasteiger partial charge in [0.25, 0.3) is 0 Å². The molecular formula is C18H33NO5Si. The maximum atomic E-state index is 12.6. The number of hydrogen-bond donors (Lipinski definition) is 1. The highest BCUT2D eigenvalue weighted by molar-refractivity contribution is 6.74. The third-order valence-electron chi connectivity index (χ3n) is 5.27. The quantitative estimate of drug-likeness (QED) is 0.307. The Morgan fingerprint density at radius 2 is 2.00 bits per heavy atom. The first-order valence-electron chi connectivity index (χ1n) is 8.84. The molecule has 1 fully saturated rings. The maximum Gasteiger partial charge on any atom is 0.356 e. The zero-order valence-corrected chi connectivity index (χ0v) is 17.5. The molecule has 1 aliphatic rings. The Labute approximate surface area is 152 Å². The fourth-order valence-corrected chi connectivity index (χ4v) is 4.31. The summed E-state index contributed by atoms with van der Waals surface area (Å²) in [6.07, 6.45) is 0.309. The van der Waals surface area contributed by atoms with Crippen LogP contribution in [0.15, 0.2) is 12.7 Å². The molecule has 7 heteroatoms. The van der Waals surface area contributed by atoms with E-state index in [1.54, 1.807) is 13.0 Å². The minimum atomic E-state index is -2.03. The molecule has 1 N–H and O–H groups in total. The zero-order chi connectivity index (χ0) is 19.6. The summed E-state index contributed by atoms with van der Waals surface area (Å²) < 4.78 is 11.2. The number of aliphatic hydroxyl groups excluding tert-OH is 1. The van der Waals surface area contributed by atoms with Crippen molar-refractivity contribution in [3.05, 3.63) is 12.7 Å². The van der Waals surface area contributed by atoms with E-state index in [1.165, 1.54) is 4.90 Å². The van der Waals surface area contributed by atoms with Crippen molar-refractivity contribution < 1.29 is 23.9 Å². The molecule has 1 amide bonds. The van der Waals surface area contributed by atoms with Gasteiger partial charge in [-0.3, -0.25) is 4.79 Å². The minimum absolute atomic E-state index is 0.0339. The van der Waals surface area contributed by atoms with Gasteiger partial charge in [-0.15, -0.1) is 6.58 Å². The number of hydrogen-bond acceptors (Lipinski definition) is 5. The smallest absolute Gasteiger partial charge is 0.356 e. The van der Waals surface area contributed by atoms with Crippen molar-refractivity contribution in [3.63, 3.8) is 0 Å². The Bertz CT molecular complexity index is 514. The second-order valence-corrected chi connectivity index (χ2v) is 12.8. The summed E-state index contributed by atoms with van der Waals surface area (Å²) in [4.78, 5) is 25.6. The van der Waals surface area contributed by atoms with Gasteiger partial charge in [-0.2, -0.15) is 0 Å². The molecule has 1 saturated heterocycles. The van der Waals surface area contributed by atoms with Gasteiger partial charge in [-0.25, -0.2) is 4.79 Å². The number of aliphatic hydroxyl groups is 1. The summed E-state index contributed by atoms with van der Waals surface area (Å²) in [5.74, 6) is -1.48. The first kappa shape index (κ1) is 21.9. The fraction of sp³-hybridized carbons (Fsp3) is 0.778. The van der Waals surface area contributed by atoms with E-state index in [0.29, 0.717) is 6.42 Å². The van der Waals surface area contributed by atoms with Crippen molar-refractivity contribution in [2.45, 2.75) is 77.5 Å². The summed E-state index contributed by atoms with van der Waals surface area (Å²) >= 11 is 0. The molecule has 0 aromatic rings. The van der Waals surface area contributed by atoms with Crippen LogP contribution in [-0.4, -0.2) is 55.2 Å². The van der Waals surface area contributed by atoms with Crippen molar-refractivity contribution in [1.29, 1.82) is 0 Å². The largest absolute Gasteiger partial charge is 0.463 e. The number of amides is 1. The van der Waals surface area contributed by atoms with Gasteiger partial charge in [0.2, 0.25) is 12.1 Å². The topological polar surface area (TPSA) is 76.1 Å². The highest BCUT2D eigenvalue weighted by Gasteiger charge is 2.55. The SMILES string of the molecule is C=CC[C@@H]1[C@@H]([C@@H](C)O[Si](C)(C)C(C)(C)C)C(=O)N1[C@H](O)C(=O)OCC. The molecule has 0 radical (unpaired) electrons. The second-order valence-electron chi connectivity index (χ2n) is 8.07. The average Bonchev–Trinajstić information content (AvgIpc) is 2.45. The Morgan fingerprint density at radius 1 is 1.44 bits per heavy atom. The van der Waals surface area contributed by atoms with Crippen LogP contribution in [0.3, 0.4) is 0 Å². The van der Waals surface area contributed by atoms with Crippen LogP contribution in [0.5, 0.6) is 0 Å². The second kappa shape index (κ2) is 8.01. The summed E-state index contributed by atoms with van der Waals surface area (Å²) in [5, 5.41) is 10.2. The lowest BCUT2D eigenvalue weighted by Gasteiger charge is -2.52. The van der Waals surface area contributed by atoms with E-state index in [4.69, 9.17) is 9.16 Å². The van der Waals surface area contributed by atoms with Gasteiger partial charge < -0.3 is 19.2 Å². The van der Waals surface area contributed by atoms with Crippen LogP contribution < -0.4 is 0 Å². The van der Waals surface area contributed by atoms with E-state index in [2.05, 4.69) is 40.4 Å². The van der Waals surface area contributed by atoms with E-state index >= 15 is 0 Å². The van der Waals surface area contributed by atoms with E-state index in [1.807, 2.05) is 6.92 Å². The Balaban J connectivity index is 2.92. The first-order chi connectivity index (χ1) is 11.4. The zero-order valence-electron chi connectivity index (χ0n) is 16.5. The van der Waals surface area contributed by atoms with Gasteiger partial charge >= 0.3 is 5.97 Å². The summed E-state index contributed by atoms with van der Waals surface area (Å²) in [5.41, 5.74) is 0. The van der Waals surface area contributed by atoms with Crippen LogP contribution in [0.4, 0.5) is 0 Å². The molecule has 0 bridgehead atoms. The van der Waals surface area contributed by atoms with Crippen molar-refractivity contribution in [3.8, 4) is 0 Å². The number of rotatable bonds is 8. The molecule has 0 saturated carbocycles. The number of carbonyl (C=O) groups excluding carboxylic acids is 2. The molecule has 1 heterocycles. The van der Waals surface area contributed by atoms with E-state index in [9.17, 15) is 14.7 Å². The highest BCUT2D eigenvalue weighted by atomic mass is 28.4. The predicted octanol–water partition coefficient (Wildman–Crippen LogP) is 2.68. The molecule has 0 spiro atoms. The molecule has 6 nitrogen and oxygen atoms in total. The van der Waals surface area contributed by atoms with Gasteiger partial charge in [-0.1, -0.05) is 26.8 Å². The standard InChI is InChI=1S/C18H33NO5Si/c1-9-11-13-14(12(3)24-25(7,8)18(4,5)6)15(20)19(13)16(21)17(22)23-10-2/h9,12-14,16,21H,1,10-11H2,2-8H3/t12-,13-,14-,16-/m1/s1. The number of ether oxygens (including phenoxy) is 1. The van der Waals surface area contributed by atoms with Crippen molar-refractivity contribution in [2.24, 2.45) is 5.92 Å². The third kappa shape index (κ3) is 4.51. The Morgan fingerprint density at radius 3 is 2.44 bits per heavy atom. The summed E-state index contributed by atoms with van der Waals surface area (Å²) in [6, 6.07) is -0.316. The molecule has 4 atom stereocenters. The van der Waals surface area contributed by atoms with Gasteiger partial charge in [0.15, 0.2) is 8.32 Å². The molecular weight excluding hydrogens is 338 g/mol. The molecule has 0 aromatic carbocycles. The molecule has 0 aliphatic carbocycles. The number of nitrogens with zero attached hydrogens (tertiary/aromatic N) is 1. The monoisotopic (exact) mass is 371 g/mol. The number of β-lactam (4-membered cyclic amide) rings is 1. The third-order valence-corrected chi connectivity index (χ3v) is 9.85. The van der Waals surface area contributed by atoms with Crippen LogP contribution in [0, 0.1) is 5.92 Å². The lowest BCUT2D eigenvalue weighted by molar-refractivity contribution is -0.196. The average molecular weight is 372 g/mol. The van der Waals surface area contributed by atoms with Gasteiger partial charge in [-0.05, 0) is 38.4 Å². The van der Waals surface area contributed by atoms with Crippen LogP contribution in [0.25, 0.3) is 0 Å². The number of carbonyl (C=O) groups is 2. The van der Waals surface area contributed by atoms with Crippen molar-refractivity contribution >= 4 is 20.2 Å². The van der Waals surface area contributed by atoms with Crippen molar-refractivity contribution in [2.75, 3.05) is 6.61 Å².